The number of likely N-dealkylation sites (tertiary alicyclic amines) is 1. The van der Waals surface area contributed by atoms with Crippen molar-refractivity contribution in [1.82, 2.24) is 4.90 Å². The first kappa shape index (κ1) is 24.0. The molecule has 3 nitrogen and oxygen atoms in total. The van der Waals surface area contributed by atoms with E-state index in [0.29, 0.717) is 30.1 Å². The number of aliphatic imine (C=N–C) groups is 1. The Morgan fingerprint density at radius 1 is 1.00 bits per heavy atom. The molecule has 1 saturated carbocycles. The molecule has 0 bridgehead atoms. The summed E-state index contributed by atoms with van der Waals surface area (Å²) < 4.78 is 41.3. The molecule has 2 aromatic rings. The van der Waals surface area contributed by atoms with Gasteiger partial charge in [0.1, 0.15) is 0 Å². The minimum Gasteiger partial charge on any atom is -0.325 e. The number of hydrogen-bond acceptors (Lipinski definition) is 3. The molecule has 0 radical (unpaired) electrons. The maximum Gasteiger partial charge on any atom is 0.416 e. The first-order chi connectivity index (χ1) is 15.8. The van der Waals surface area contributed by atoms with E-state index in [9.17, 15) is 13.2 Å². The van der Waals surface area contributed by atoms with E-state index in [0.717, 1.165) is 63.0 Å². The largest absolute Gasteiger partial charge is 0.416 e. The number of alkyl halides is 3. The predicted octanol–water partition coefficient (Wildman–Crippen LogP) is 5.95. The van der Waals surface area contributed by atoms with Crippen molar-refractivity contribution in [2.24, 2.45) is 10.7 Å². The van der Waals surface area contributed by atoms with Gasteiger partial charge in [0.15, 0.2) is 0 Å². The van der Waals surface area contributed by atoms with Crippen LogP contribution in [0.15, 0.2) is 47.5 Å². The van der Waals surface area contributed by atoms with E-state index in [1.54, 1.807) is 6.07 Å². The van der Waals surface area contributed by atoms with Crippen LogP contribution in [-0.4, -0.2) is 36.3 Å². The summed E-state index contributed by atoms with van der Waals surface area (Å²) in [6.45, 7) is 5.22. The van der Waals surface area contributed by atoms with Gasteiger partial charge in [-0.2, -0.15) is 13.2 Å². The zero-order chi connectivity index (χ0) is 23.4. The second-order valence-corrected chi connectivity index (χ2v) is 9.62. The topological polar surface area (TPSA) is 41.6 Å². The normalized spacial score (nSPS) is 19.0. The molecule has 0 spiro atoms. The van der Waals surface area contributed by atoms with Crippen molar-refractivity contribution < 1.29 is 13.2 Å². The molecule has 2 aromatic carbocycles. The smallest absolute Gasteiger partial charge is 0.325 e. The van der Waals surface area contributed by atoms with Crippen LogP contribution in [0.1, 0.15) is 72.8 Å². The van der Waals surface area contributed by atoms with Gasteiger partial charge in [-0.15, -0.1) is 0 Å². The molecule has 1 heterocycles. The van der Waals surface area contributed by atoms with Crippen molar-refractivity contribution in [1.29, 1.82) is 0 Å². The van der Waals surface area contributed by atoms with Gasteiger partial charge >= 0.3 is 6.18 Å². The Hall–Kier alpha value is -2.18. The van der Waals surface area contributed by atoms with Crippen LogP contribution in [0.4, 0.5) is 13.2 Å². The van der Waals surface area contributed by atoms with Gasteiger partial charge < -0.3 is 5.73 Å². The third-order valence-electron chi connectivity index (χ3n) is 6.98. The van der Waals surface area contributed by atoms with Gasteiger partial charge in [-0.25, -0.2) is 0 Å². The van der Waals surface area contributed by atoms with Gasteiger partial charge in [-0.3, -0.25) is 9.89 Å². The van der Waals surface area contributed by atoms with E-state index in [-0.39, 0.29) is 5.92 Å². The SMILES string of the molecule is CC(=NCCc1ccc(C2CCCCC2)c(C(F)(F)F)c1)c1ccc(CN2CC(N)C2)cc1. The average molecular weight is 458 g/mol. The summed E-state index contributed by atoms with van der Waals surface area (Å²) in [7, 11) is 0. The summed E-state index contributed by atoms with van der Waals surface area (Å²) in [5, 5.41) is 0. The number of halogens is 3. The Morgan fingerprint density at radius 3 is 2.30 bits per heavy atom. The van der Waals surface area contributed by atoms with E-state index < -0.39 is 11.7 Å². The summed E-state index contributed by atoms with van der Waals surface area (Å²) in [6.07, 6.45) is 1.06. The minimum absolute atomic E-state index is 0.0329. The molecule has 2 aliphatic rings. The molecule has 178 valence electrons. The summed E-state index contributed by atoms with van der Waals surface area (Å²) in [5.41, 5.74) is 9.75. The van der Waals surface area contributed by atoms with E-state index in [1.165, 1.54) is 11.6 Å². The van der Waals surface area contributed by atoms with Crippen LogP contribution in [0, 0.1) is 0 Å². The molecular weight excluding hydrogens is 423 g/mol. The molecule has 1 aliphatic carbocycles. The van der Waals surface area contributed by atoms with E-state index in [2.05, 4.69) is 34.2 Å². The molecule has 0 aromatic heterocycles. The van der Waals surface area contributed by atoms with Gasteiger partial charge in [-0.1, -0.05) is 55.7 Å². The Labute approximate surface area is 194 Å². The second kappa shape index (κ2) is 10.4. The van der Waals surface area contributed by atoms with Crippen LogP contribution in [0.5, 0.6) is 0 Å². The standard InChI is InChI=1S/C27H34F3N3/c1-19(22-10-7-21(8-11-22)16-33-17-24(31)18-33)32-14-13-20-9-12-25(23-5-3-2-4-6-23)26(15-20)27(28,29)30/h7-12,15,23-24H,2-6,13-14,16-18,31H2,1H3. The van der Waals surface area contributed by atoms with Crippen molar-refractivity contribution in [3.63, 3.8) is 0 Å². The fourth-order valence-corrected chi connectivity index (χ4v) is 5.07. The molecule has 1 saturated heterocycles. The summed E-state index contributed by atoms with van der Waals surface area (Å²) >= 11 is 0. The van der Waals surface area contributed by atoms with Gasteiger partial charge in [-0.05, 0) is 60.4 Å². The molecule has 2 N–H and O–H groups in total. The van der Waals surface area contributed by atoms with E-state index in [1.807, 2.05) is 13.0 Å². The third-order valence-corrected chi connectivity index (χ3v) is 6.98. The molecule has 2 fully saturated rings. The van der Waals surface area contributed by atoms with Gasteiger partial charge in [0, 0.05) is 37.9 Å². The van der Waals surface area contributed by atoms with Crippen LogP contribution in [0.2, 0.25) is 0 Å². The third kappa shape index (κ3) is 6.24. The monoisotopic (exact) mass is 457 g/mol. The summed E-state index contributed by atoms with van der Waals surface area (Å²) in [5.74, 6) is 0.0329. The van der Waals surface area contributed by atoms with Crippen molar-refractivity contribution >= 4 is 5.71 Å². The number of rotatable bonds is 7. The fourth-order valence-electron chi connectivity index (χ4n) is 5.07. The van der Waals surface area contributed by atoms with Crippen LogP contribution >= 0.6 is 0 Å². The van der Waals surface area contributed by atoms with Crippen molar-refractivity contribution in [2.45, 2.75) is 70.1 Å². The first-order valence-corrected chi connectivity index (χ1v) is 12.1. The lowest BCUT2D eigenvalue weighted by molar-refractivity contribution is -0.138. The van der Waals surface area contributed by atoms with Crippen molar-refractivity contribution in [2.75, 3.05) is 19.6 Å². The van der Waals surface area contributed by atoms with Crippen molar-refractivity contribution in [3.05, 3.63) is 70.3 Å². The highest BCUT2D eigenvalue weighted by atomic mass is 19.4. The average Bonchev–Trinajstić information content (AvgIpc) is 2.78. The summed E-state index contributed by atoms with van der Waals surface area (Å²) in [4.78, 5) is 6.94. The lowest BCUT2D eigenvalue weighted by atomic mass is 9.81. The Kier molecular flexibility index (Phi) is 7.55. The second-order valence-electron chi connectivity index (χ2n) is 9.62. The van der Waals surface area contributed by atoms with Crippen molar-refractivity contribution in [3.8, 4) is 0 Å². The van der Waals surface area contributed by atoms with Gasteiger partial charge in [0.2, 0.25) is 0 Å². The highest BCUT2D eigenvalue weighted by molar-refractivity contribution is 5.98. The number of nitrogens with zero attached hydrogens (tertiary/aromatic N) is 2. The van der Waals surface area contributed by atoms with E-state index >= 15 is 0 Å². The zero-order valence-corrected chi connectivity index (χ0v) is 19.4. The number of hydrogen-bond donors (Lipinski definition) is 1. The predicted molar refractivity (Wildman–Crippen MR) is 128 cm³/mol. The molecule has 0 amide bonds. The Morgan fingerprint density at radius 2 is 1.67 bits per heavy atom. The molecule has 1 aliphatic heterocycles. The highest BCUT2D eigenvalue weighted by Crippen LogP contribution is 2.41. The molecular formula is C27H34F3N3. The zero-order valence-electron chi connectivity index (χ0n) is 19.4. The van der Waals surface area contributed by atoms with Crippen LogP contribution in [0.25, 0.3) is 0 Å². The van der Waals surface area contributed by atoms with Gasteiger partial charge in [0.05, 0.1) is 5.56 Å². The van der Waals surface area contributed by atoms with Crippen LogP contribution in [0.3, 0.4) is 0 Å². The lowest BCUT2D eigenvalue weighted by Gasteiger charge is -2.36. The molecule has 0 atom stereocenters. The first-order valence-electron chi connectivity index (χ1n) is 12.1. The maximum absolute atomic E-state index is 13.8. The summed E-state index contributed by atoms with van der Waals surface area (Å²) in [6, 6.07) is 13.6. The van der Waals surface area contributed by atoms with Crippen LogP contribution < -0.4 is 5.73 Å². The highest BCUT2D eigenvalue weighted by Gasteiger charge is 2.35. The molecule has 33 heavy (non-hydrogen) atoms. The number of benzene rings is 2. The Bertz CT molecular complexity index is 954. The molecule has 4 rings (SSSR count). The lowest BCUT2D eigenvalue weighted by Crippen LogP contribution is -2.54. The Balaban J connectivity index is 1.37. The quantitative estimate of drug-likeness (QED) is 0.522. The van der Waals surface area contributed by atoms with Crippen LogP contribution in [-0.2, 0) is 19.1 Å². The minimum atomic E-state index is -4.31. The van der Waals surface area contributed by atoms with E-state index in [4.69, 9.17) is 5.73 Å². The fraction of sp³-hybridized carbons (Fsp3) is 0.519. The maximum atomic E-state index is 13.8. The molecule has 0 unspecified atom stereocenters. The molecule has 6 heteroatoms. The van der Waals surface area contributed by atoms with Gasteiger partial charge in [0.25, 0.3) is 0 Å². The number of nitrogens with two attached hydrogens (primary N) is 1.